The Kier molecular flexibility index (Phi) is 4.89. The van der Waals surface area contributed by atoms with Crippen molar-refractivity contribution in [3.05, 3.63) is 65.2 Å². The third kappa shape index (κ3) is 4.08. The van der Waals surface area contributed by atoms with Gasteiger partial charge in [-0.05, 0) is 55.1 Å². The molecule has 1 amide bonds. The minimum absolute atomic E-state index is 0.0482. The molecule has 23 heavy (non-hydrogen) atoms. The highest BCUT2D eigenvalue weighted by atomic mass is 16.2. The standard InChI is InChI=1S/C20H22N2O/c1-15-14-18(22-20(23)19-8-5-13-21-19)12-11-17(15)10-9-16-6-3-2-4-7-16/h2-4,6-7,9-12,14,19,21H,5,8,13H2,1H3,(H,22,23)/b10-9+. The molecule has 1 saturated heterocycles. The van der Waals surface area contributed by atoms with Crippen LogP contribution in [0.15, 0.2) is 48.5 Å². The van der Waals surface area contributed by atoms with Gasteiger partial charge >= 0.3 is 0 Å². The van der Waals surface area contributed by atoms with E-state index in [1.54, 1.807) is 0 Å². The summed E-state index contributed by atoms with van der Waals surface area (Å²) in [4.78, 5) is 12.1. The number of hydrogen-bond donors (Lipinski definition) is 2. The van der Waals surface area contributed by atoms with E-state index in [1.807, 2.05) is 36.4 Å². The maximum Gasteiger partial charge on any atom is 0.241 e. The Balaban J connectivity index is 1.68. The summed E-state index contributed by atoms with van der Waals surface area (Å²) >= 11 is 0. The summed E-state index contributed by atoms with van der Waals surface area (Å²) in [6.45, 7) is 2.99. The van der Waals surface area contributed by atoms with Crippen molar-refractivity contribution in [1.82, 2.24) is 5.32 Å². The predicted molar refractivity (Wildman–Crippen MR) is 96.2 cm³/mol. The molecule has 2 aromatic carbocycles. The van der Waals surface area contributed by atoms with E-state index in [0.29, 0.717) is 0 Å². The molecule has 0 radical (unpaired) electrons. The average molecular weight is 306 g/mol. The van der Waals surface area contributed by atoms with E-state index in [0.717, 1.165) is 36.2 Å². The number of rotatable bonds is 4. The fraction of sp³-hybridized carbons (Fsp3) is 0.250. The van der Waals surface area contributed by atoms with E-state index < -0.39 is 0 Å². The Morgan fingerprint density at radius 2 is 2.00 bits per heavy atom. The zero-order valence-corrected chi connectivity index (χ0v) is 13.4. The lowest BCUT2D eigenvalue weighted by atomic mass is 10.1. The molecular formula is C20H22N2O. The van der Waals surface area contributed by atoms with Crippen molar-refractivity contribution in [2.75, 3.05) is 11.9 Å². The van der Waals surface area contributed by atoms with E-state index in [1.165, 1.54) is 5.56 Å². The number of hydrogen-bond acceptors (Lipinski definition) is 2. The minimum atomic E-state index is -0.0482. The second-order valence-electron chi connectivity index (χ2n) is 5.95. The number of anilines is 1. The summed E-state index contributed by atoms with van der Waals surface area (Å²) in [6, 6.07) is 16.2. The van der Waals surface area contributed by atoms with Crippen LogP contribution < -0.4 is 10.6 Å². The highest BCUT2D eigenvalue weighted by Gasteiger charge is 2.21. The van der Waals surface area contributed by atoms with Crippen LogP contribution in [0.5, 0.6) is 0 Å². The first-order chi connectivity index (χ1) is 11.2. The molecule has 1 aliphatic heterocycles. The molecule has 118 valence electrons. The van der Waals surface area contributed by atoms with Crippen LogP contribution in [-0.2, 0) is 4.79 Å². The summed E-state index contributed by atoms with van der Waals surface area (Å²) in [5.41, 5.74) is 4.34. The van der Waals surface area contributed by atoms with Crippen LogP contribution in [0.4, 0.5) is 5.69 Å². The molecular weight excluding hydrogens is 284 g/mol. The highest BCUT2D eigenvalue weighted by molar-refractivity contribution is 5.95. The second-order valence-corrected chi connectivity index (χ2v) is 5.95. The summed E-state index contributed by atoms with van der Waals surface area (Å²) in [5, 5.41) is 6.22. The van der Waals surface area contributed by atoms with Gasteiger partial charge in [0.05, 0.1) is 6.04 Å². The summed E-state index contributed by atoms with van der Waals surface area (Å²) in [7, 11) is 0. The Morgan fingerprint density at radius 3 is 2.70 bits per heavy atom. The fourth-order valence-corrected chi connectivity index (χ4v) is 2.83. The summed E-state index contributed by atoms with van der Waals surface area (Å²) < 4.78 is 0. The van der Waals surface area contributed by atoms with Crippen LogP contribution in [0, 0.1) is 6.92 Å². The number of carbonyl (C=O) groups excluding carboxylic acids is 1. The Hall–Kier alpha value is -2.39. The molecule has 1 fully saturated rings. The maximum absolute atomic E-state index is 12.1. The smallest absolute Gasteiger partial charge is 0.241 e. The van der Waals surface area contributed by atoms with Crippen LogP contribution in [0.25, 0.3) is 12.2 Å². The summed E-state index contributed by atoms with van der Waals surface area (Å²) in [6.07, 6.45) is 6.20. The van der Waals surface area contributed by atoms with Crippen LogP contribution in [0.3, 0.4) is 0 Å². The summed E-state index contributed by atoms with van der Waals surface area (Å²) in [5.74, 6) is 0.0643. The van der Waals surface area contributed by atoms with Crippen molar-refractivity contribution in [1.29, 1.82) is 0 Å². The zero-order chi connectivity index (χ0) is 16.1. The molecule has 2 N–H and O–H groups in total. The number of aryl methyl sites for hydroxylation is 1. The van der Waals surface area contributed by atoms with Gasteiger partial charge in [-0.25, -0.2) is 0 Å². The molecule has 0 aliphatic carbocycles. The van der Waals surface area contributed by atoms with Crippen LogP contribution >= 0.6 is 0 Å². The van der Waals surface area contributed by atoms with Gasteiger partial charge in [-0.3, -0.25) is 4.79 Å². The number of carbonyl (C=O) groups is 1. The molecule has 3 rings (SSSR count). The Bertz CT molecular complexity index is 701. The van der Waals surface area contributed by atoms with Gasteiger partial charge in [0.25, 0.3) is 0 Å². The molecule has 1 heterocycles. The highest BCUT2D eigenvalue weighted by Crippen LogP contribution is 2.18. The van der Waals surface area contributed by atoms with Gasteiger partial charge in [0, 0.05) is 5.69 Å². The first-order valence-electron chi connectivity index (χ1n) is 8.10. The minimum Gasteiger partial charge on any atom is -0.325 e. The molecule has 3 heteroatoms. The molecule has 0 saturated carbocycles. The van der Waals surface area contributed by atoms with E-state index in [9.17, 15) is 4.79 Å². The predicted octanol–water partition coefficient (Wildman–Crippen LogP) is 3.86. The van der Waals surface area contributed by atoms with Crippen LogP contribution in [0.2, 0.25) is 0 Å². The topological polar surface area (TPSA) is 41.1 Å². The SMILES string of the molecule is Cc1cc(NC(=O)C2CCCN2)ccc1/C=C/c1ccccc1. The third-order valence-electron chi connectivity index (χ3n) is 4.17. The first-order valence-corrected chi connectivity index (χ1v) is 8.10. The molecule has 3 nitrogen and oxygen atoms in total. The zero-order valence-electron chi connectivity index (χ0n) is 13.4. The number of nitrogens with one attached hydrogen (secondary N) is 2. The van der Waals surface area contributed by atoms with Gasteiger partial charge in [-0.15, -0.1) is 0 Å². The first kappa shape index (κ1) is 15.5. The monoisotopic (exact) mass is 306 g/mol. The fourth-order valence-electron chi connectivity index (χ4n) is 2.83. The van der Waals surface area contributed by atoms with Gasteiger partial charge in [-0.2, -0.15) is 0 Å². The van der Waals surface area contributed by atoms with Crippen molar-refractivity contribution in [3.8, 4) is 0 Å². The quantitative estimate of drug-likeness (QED) is 0.842. The number of amides is 1. The van der Waals surface area contributed by atoms with E-state index in [-0.39, 0.29) is 11.9 Å². The molecule has 2 aromatic rings. The van der Waals surface area contributed by atoms with Gasteiger partial charge in [0.2, 0.25) is 5.91 Å². The molecule has 0 bridgehead atoms. The van der Waals surface area contributed by atoms with Crippen molar-refractivity contribution < 1.29 is 4.79 Å². The molecule has 0 aromatic heterocycles. The normalized spacial score (nSPS) is 17.5. The molecule has 1 aliphatic rings. The molecule has 1 unspecified atom stereocenters. The Morgan fingerprint density at radius 1 is 1.17 bits per heavy atom. The van der Waals surface area contributed by atoms with Gasteiger partial charge in [0.1, 0.15) is 0 Å². The van der Waals surface area contributed by atoms with Crippen molar-refractivity contribution >= 4 is 23.7 Å². The van der Waals surface area contributed by atoms with Crippen LogP contribution in [-0.4, -0.2) is 18.5 Å². The van der Waals surface area contributed by atoms with Gasteiger partial charge in [0.15, 0.2) is 0 Å². The maximum atomic E-state index is 12.1. The lowest BCUT2D eigenvalue weighted by Gasteiger charge is -2.12. The van der Waals surface area contributed by atoms with Crippen molar-refractivity contribution in [3.63, 3.8) is 0 Å². The molecule has 1 atom stereocenters. The largest absolute Gasteiger partial charge is 0.325 e. The number of benzene rings is 2. The third-order valence-corrected chi connectivity index (χ3v) is 4.17. The van der Waals surface area contributed by atoms with E-state index in [2.05, 4.69) is 41.8 Å². The average Bonchev–Trinajstić information content (AvgIpc) is 3.10. The lowest BCUT2D eigenvalue weighted by molar-refractivity contribution is -0.117. The van der Waals surface area contributed by atoms with Crippen molar-refractivity contribution in [2.45, 2.75) is 25.8 Å². The second kappa shape index (κ2) is 7.25. The van der Waals surface area contributed by atoms with E-state index in [4.69, 9.17) is 0 Å². The van der Waals surface area contributed by atoms with Crippen LogP contribution in [0.1, 0.15) is 29.5 Å². The van der Waals surface area contributed by atoms with E-state index >= 15 is 0 Å². The van der Waals surface area contributed by atoms with Gasteiger partial charge < -0.3 is 10.6 Å². The van der Waals surface area contributed by atoms with Gasteiger partial charge in [-0.1, -0.05) is 48.6 Å². The Labute approximate surface area is 137 Å². The van der Waals surface area contributed by atoms with Crippen molar-refractivity contribution in [2.24, 2.45) is 0 Å². The lowest BCUT2D eigenvalue weighted by Crippen LogP contribution is -2.35. The molecule has 0 spiro atoms.